The van der Waals surface area contributed by atoms with Crippen LogP contribution in [-0.4, -0.2) is 22.4 Å². The number of hydrogen-bond donors (Lipinski definition) is 0. The molecular formula is C19H13N5O. The third-order valence-corrected chi connectivity index (χ3v) is 3.55. The molecule has 3 aromatic rings. The maximum atomic E-state index is 5.57. The van der Waals surface area contributed by atoms with Crippen LogP contribution >= 0.6 is 0 Å². The summed E-state index contributed by atoms with van der Waals surface area (Å²) in [5.74, 6) is 1.24. The van der Waals surface area contributed by atoms with E-state index >= 15 is 0 Å². The smallest absolute Gasteiger partial charge is 0.163 e. The Bertz CT molecular complexity index is 1130. The van der Waals surface area contributed by atoms with Crippen LogP contribution in [0.2, 0.25) is 0 Å². The van der Waals surface area contributed by atoms with Crippen LogP contribution in [0.3, 0.4) is 0 Å². The number of aliphatic imine (C=N–C) groups is 2. The standard InChI is InChI=1S/C19H13N5O/c1-2-4-17-14(3-1)12-21-8-7-20-9-10-25-15-5-6-18-16(11-15)19(24-17)23-13-22-18/h1-13H. The first kappa shape index (κ1) is 14.9. The number of para-hydroxylation sites is 1. The van der Waals surface area contributed by atoms with Crippen LogP contribution in [0, 0.1) is 0 Å². The Morgan fingerprint density at radius 2 is 1.80 bits per heavy atom. The van der Waals surface area contributed by atoms with E-state index < -0.39 is 0 Å². The first-order chi connectivity index (χ1) is 12.4. The summed E-state index contributed by atoms with van der Waals surface area (Å²) in [6.45, 7) is 0. The Morgan fingerprint density at radius 3 is 2.80 bits per heavy atom. The zero-order valence-electron chi connectivity index (χ0n) is 13.1. The zero-order chi connectivity index (χ0) is 16.9. The van der Waals surface area contributed by atoms with E-state index in [0.717, 1.165) is 21.5 Å². The second-order valence-corrected chi connectivity index (χ2v) is 5.18. The maximum absolute atomic E-state index is 5.57. The average molecular weight is 327 g/mol. The van der Waals surface area contributed by atoms with Crippen molar-refractivity contribution in [3.63, 3.8) is 0 Å². The summed E-state index contributed by atoms with van der Waals surface area (Å²) in [7, 11) is 0. The van der Waals surface area contributed by atoms with Gasteiger partial charge in [-0.2, -0.15) is 0 Å². The molecule has 0 radical (unpaired) electrons. The molecule has 1 aliphatic heterocycles. The van der Waals surface area contributed by atoms with E-state index in [2.05, 4.69) is 20.0 Å². The zero-order valence-corrected chi connectivity index (χ0v) is 13.1. The summed E-state index contributed by atoms with van der Waals surface area (Å²) in [6.07, 6.45) is 9.48. The predicted molar refractivity (Wildman–Crippen MR) is 97.6 cm³/mol. The highest BCUT2D eigenvalue weighted by Gasteiger charge is 2.04. The molecule has 0 aliphatic carbocycles. The molecule has 4 rings (SSSR count). The lowest BCUT2D eigenvalue weighted by Gasteiger charge is -2.04. The molecule has 6 nitrogen and oxygen atoms in total. The minimum Gasteiger partial charge on any atom is -0.463 e. The second-order valence-electron chi connectivity index (χ2n) is 5.18. The summed E-state index contributed by atoms with van der Waals surface area (Å²) in [6, 6.07) is 13.3. The van der Waals surface area contributed by atoms with E-state index in [4.69, 9.17) is 9.73 Å². The van der Waals surface area contributed by atoms with Gasteiger partial charge in [0.05, 0.1) is 17.1 Å². The van der Waals surface area contributed by atoms with Gasteiger partial charge in [-0.3, -0.25) is 9.98 Å². The van der Waals surface area contributed by atoms with E-state index in [1.165, 1.54) is 12.6 Å². The molecule has 0 atom stereocenters. The topological polar surface area (TPSA) is 72.1 Å². The second kappa shape index (κ2) is 6.84. The highest BCUT2D eigenvalue weighted by molar-refractivity contribution is 6.16. The highest BCUT2D eigenvalue weighted by Crippen LogP contribution is 2.25. The number of hydrogen-bond acceptors (Lipinski definition) is 6. The van der Waals surface area contributed by atoms with Crippen molar-refractivity contribution in [3.05, 3.63) is 71.8 Å². The van der Waals surface area contributed by atoms with Gasteiger partial charge in [-0.25, -0.2) is 15.0 Å². The van der Waals surface area contributed by atoms with Crippen LogP contribution < -0.4 is 15.3 Å². The van der Waals surface area contributed by atoms with Gasteiger partial charge >= 0.3 is 0 Å². The summed E-state index contributed by atoms with van der Waals surface area (Å²) in [5.41, 5.74) is 0.798. The molecule has 0 saturated heterocycles. The maximum Gasteiger partial charge on any atom is 0.163 e. The molecule has 2 heterocycles. The molecule has 120 valence electrons. The van der Waals surface area contributed by atoms with Crippen LogP contribution in [0.4, 0.5) is 5.82 Å². The van der Waals surface area contributed by atoms with Crippen molar-refractivity contribution in [2.75, 3.05) is 0 Å². The van der Waals surface area contributed by atoms with Crippen molar-refractivity contribution in [2.24, 2.45) is 15.0 Å². The van der Waals surface area contributed by atoms with Gasteiger partial charge in [0.15, 0.2) is 5.82 Å². The van der Waals surface area contributed by atoms with E-state index in [1.807, 2.05) is 42.5 Å². The molecule has 1 aromatic heterocycles. The molecule has 0 spiro atoms. The van der Waals surface area contributed by atoms with Crippen molar-refractivity contribution in [2.45, 2.75) is 0 Å². The number of aromatic nitrogens is 2. The predicted octanol–water partition coefficient (Wildman–Crippen LogP) is 2.32. The number of fused-ring (bicyclic) bond motifs is 2. The Morgan fingerprint density at radius 1 is 0.880 bits per heavy atom. The third kappa shape index (κ3) is 3.32. The fourth-order valence-corrected chi connectivity index (χ4v) is 2.39. The van der Waals surface area contributed by atoms with Crippen LogP contribution in [-0.2, 0) is 0 Å². The largest absolute Gasteiger partial charge is 0.463 e. The molecule has 2 bridgehead atoms. The Labute approximate surface area is 143 Å². The molecule has 0 fully saturated rings. The SMILES string of the molecule is C1=COc2ccc3ncnc(c3c2)N=c2ccccc2=CN=CC=N1. The van der Waals surface area contributed by atoms with E-state index in [0.29, 0.717) is 11.6 Å². The lowest BCUT2D eigenvalue weighted by atomic mass is 10.2. The molecule has 25 heavy (non-hydrogen) atoms. The lowest BCUT2D eigenvalue weighted by molar-refractivity contribution is 0.480. The molecule has 0 N–H and O–H groups in total. The summed E-state index contributed by atoms with van der Waals surface area (Å²) in [4.78, 5) is 21.6. The molecule has 6 heteroatoms. The van der Waals surface area contributed by atoms with E-state index in [1.54, 1.807) is 24.8 Å². The fourth-order valence-electron chi connectivity index (χ4n) is 2.39. The number of ether oxygens (including phenoxy) is 1. The summed E-state index contributed by atoms with van der Waals surface area (Å²) >= 11 is 0. The van der Waals surface area contributed by atoms with Crippen molar-refractivity contribution in [3.8, 4) is 5.75 Å². The Hall–Kier alpha value is -3.67. The summed E-state index contributed by atoms with van der Waals surface area (Å²) in [5, 5.41) is 2.47. The Kier molecular flexibility index (Phi) is 4.07. The number of rotatable bonds is 0. The first-order valence-electron chi connectivity index (χ1n) is 7.65. The van der Waals surface area contributed by atoms with Crippen LogP contribution in [0.25, 0.3) is 17.1 Å². The minimum absolute atomic E-state index is 0.579. The van der Waals surface area contributed by atoms with Gasteiger partial charge in [-0.1, -0.05) is 18.2 Å². The molecule has 0 amide bonds. The van der Waals surface area contributed by atoms with Crippen molar-refractivity contribution in [1.29, 1.82) is 0 Å². The minimum atomic E-state index is 0.579. The van der Waals surface area contributed by atoms with Crippen molar-refractivity contribution < 1.29 is 4.74 Å². The molecule has 2 aromatic carbocycles. The normalized spacial score (nSPS) is 13.3. The van der Waals surface area contributed by atoms with Gasteiger partial charge < -0.3 is 4.74 Å². The van der Waals surface area contributed by atoms with Crippen molar-refractivity contribution >= 4 is 35.3 Å². The third-order valence-electron chi connectivity index (χ3n) is 3.55. The first-order valence-corrected chi connectivity index (χ1v) is 7.65. The summed E-state index contributed by atoms with van der Waals surface area (Å²) < 4.78 is 5.57. The molecule has 0 unspecified atom stereocenters. The quantitative estimate of drug-likeness (QED) is 0.636. The van der Waals surface area contributed by atoms with E-state index in [-0.39, 0.29) is 0 Å². The van der Waals surface area contributed by atoms with E-state index in [9.17, 15) is 0 Å². The van der Waals surface area contributed by atoms with Gasteiger partial charge in [0.2, 0.25) is 0 Å². The molecule has 1 aliphatic rings. The van der Waals surface area contributed by atoms with Gasteiger partial charge in [-0.15, -0.1) is 0 Å². The van der Waals surface area contributed by atoms with Gasteiger partial charge in [0.25, 0.3) is 0 Å². The Balaban J connectivity index is 2.02. The van der Waals surface area contributed by atoms with Gasteiger partial charge in [0, 0.05) is 29.2 Å². The van der Waals surface area contributed by atoms with Crippen LogP contribution in [0.5, 0.6) is 5.75 Å². The van der Waals surface area contributed by atoms with Crippen molar-refractivity contribution in [1.82, 2.24) is 9.97 Å². The highest BCUT2D eigenvalue weighted by atomic mass is 16.5. The van der Waals surface area contributed by atoms with Crippen LogP contribution in [0.15, 0.2) is 76.2 Å². The molecule has 0 saturated carbocycles. The fraction of sp³-hybridized carbons (Fsp3) is 0. The molecular weight excluding hydrogens is 314 g/mol. The van der Waals surface area contributed by atoms with Gasteiger partial charge in [0.1, 0.15) is 18.3 Å². The van der Waals surface area contributed by atoms with Crippen LogP contribution in [0.1, 0.15) is 0 Å². The average Bonchev–Trinajstić information content (AvgIpc) is 2.65. The van der Waals surface area contributed by atoms with Gasteiger partial charge in [-0.05, 0) is 24.3 Å². The number of nitrogens with zero attached hydrogens (tertiary/aromatic N) is 5. The monoisotopic (exact) mass is 327 g/mol. The lowest BCUT2D eigenvalue weighted by Crippen LogP contribution is -2.23. The number of benzene rings is 2.